The van der Waals surface area contributed by atoms with Crippen molar-refractivity contribution in [2.24, 2.45) is 7.05 Å². The molecule has 29 heavy (non-hydrogen) atoms. The van der Waals surface area contributed by atoms with Crippen molar-refractivity contribution in [3.8, 4) is 5.75 Å². The predicted octanol–water partition coefficient (Wildman–Crippen LogP) is 3.32. The zero-order valence-corrected chi connectivity index (χ0v) is 18.2. The van der Waals surface area contributed by atoms with Gasteiger partial charge in [-0.05, 0) is 63.9 Å². The molecule has 3 rings (SSSR count). The Kier molecular flexibility index (Phi) is 7.31. The smallest absolute Gasteiger partial charge is 0.222 e. The summed E-state index contributed by atoms with van der Waals surface area (Å²) in [6, 6.07) is 8.33. The average molecular weight is 399 g/mol. The van der Waals surface area contributed by atoms with E-state index in [0.717, 1.165) is 48.6 Å². The van der Waals surface area contributed by atoms with Crippen molar-refractivity contribution in [2.45, 2.75) is 52.0 Å². The monoisotopic (exact) mass is 398 g/mol. The fourth-order valence-corrected chi connectivity index (χ4v) is 3.88. The second kappa shape index (κ2) is 9.92. The molecule has 1 amide bonds. The molecule has 6 nitrogen and oxygen atoms in total. The van der Waals surface area contributed by atoms with E-state index in [-0.39, 0.29) is 5.91 Å². The maximum Gasteiger partial charge on any atom is 0.222 e. The highest BCUT2D eigenvalue weighted by Gasteiger charge is 2.20. The molecule has 1 aliphatic rings. The maximum absolute atomic E-state index is 12.5. The Bertz CT molecular complexity index is 824. The van der Waals surface area contributed by atoms with Gasteiger partial charge in [0, 0.05) is 26.4 Å². The lowest BCUT2D eigenvalue weighted by Gasteiger charge is -2.20. The molecule has 0 unspecified atom stereocenters. The SMILES string of the molecule is Cc1ccc(OCCCC(=O)N(C)Cc2cc(C3CCNCC3)nn2C)c(C)c1. The Morgan fingerprint density at radius 2 is 2.03 bits per heavy atom. The molecule has 0 aliphatic carbocycles. The quantitative estimate of drug-likeness (QED) is 0.693. The van der Waals surface area contributed by atoms with Gasteiger partial charge in [0.15, 0.2) is 0 Å². The van der Waals surface area contributed by atoms with Crippen LogP contribution in [-0.2, 0) is 18.4 Å². The molecule has 1 saturated heterocycles. The number of carbonyl (C=O) groups excluding carboxylic acids is 1. The van der Waals surface area contributed by atoms with E-state index >= 15 is 0 Å². The molecule has 0 saturated carbocycles. The minimum atomic E-state index is 0.138. The second-order valence-electron chi connectivity index (χ2n) is 8.18. The first-order valence-electron chi connectivity index (χ1n) is 10.6. The molecule has 1 aliphatic heterocycles. The third kappa shape index (κ3) is 5.82. The highest BCUT2D eigenvalue weighted by molar-refractivity contribution is 5.75. The van der Waals surface area contributed by atoms with Crippen molar-refractivity contribution < 1.29 is 9.53 Å². The third-order valence-corrected chi connectivity index (χ3v) is 5.70. The minimum absolute atomic E-state index is 0.138. The van der Waals surface area contributed by atoms with E-state index in [9.17, 15) is 4.79 Å². The molecule has 1 fully saturated rings. The lowest BCUT2D eigenvalue weighted by atomic mass is 9.94. The van der Waals surface area contributed by atoms with Crippen LogP contribution in [0, 0.1) is 13.8 Å². The Hall–Kier alpha value is -2.34. The van der Waals surface area contributed by atoms with Gasteiger partial charge in [0.2, 0.25) is 5.91 Å². The van der Waals surface area contributed by atoms with Gasteiger partial charge in [-0.25, -0.2) is 0 Å². The maximum atomic E-state index is 12.5. The fraction of sp³-hybridized carbons (Fsp3) is 0.565. The molecule has 0 radical (unpaired) electrons. The number of aromatic nitrogens is 2. The summed E-state index contributed by atoms with van der Waals surface area (Å²) in [5.74, 6) is 1.56. The summed E-state index contributed by atoms with van der Waals surface area (Å²) in [7, 11) is 3.83. The molecule has 2 heterocycles. The van der Waals surface area contributed by atoms with E-state index in [4.69, 9.17) is 9.84 Å². The lowest BCUT2D eigenvalue weighted by molar-refractivity contribution is -0.130. The van der Waals surface area contributed by atoms with E-state index in [1.807, 2.05) is 37.8 Å². The zero-order valence-electron chi connectivity index (χ0n) is 18.2. The van der Waals surface area contributed by atoms with Crippen molar-refractivity contribution in [2.75, 3.05) is 26.7 Å². The number of ether oxygens (including phenoxy) is 1. The molecule has 0 atom stereocenters. The summed E-state index contributed by atoms with van der Waals surface area (Å²) in [6.45, 7) is 7.37. The Morgan fingerprint density at radius 3 is 2.76 bits per heavy atom. The molecule has 158 valence electrons. The molecule has 0 bridgehead atoms. The number of nitrogens with one attached hydrogen (secondary N) is 1. The van der Waals surface area contributed by atoms with Gasteiger partial charge in [0.1, 0.15) is 5.75 Å². The molecule has 1 aromatic heterocycles. The second-order valence-corrected chi connectivity index (χ2v) is 8.18. The highest BCUT2D eigenvalue weighted by atomic mass is 16.5. The van der Waals surface area contributed by atoms with Crippen LogP contribution in [0.3, 0.4) is 0 Å². The average Bonchev–Trinajstić information content (AvgIpc) is 3.07. The van der Waals surface area contributed by atoms with Gasteiger partial charge < -0.3 is 15.0 Å². The van der Waals surface area contributed by atoms with E-state index in [1.165, 1.54) is 5.56 Å². The molecule has 1 aromatic carbocycles. The van der Waals surface area contributed by atoms with Gasteiger partial charge in [-0.15, -0.1) is 0 Å². The first kappa shape index (κ1) is 21.4. The van der Waals surface area contributed by atoms with Crippen LogP contribution < -0.4 is 10.1 Å². The van der Waals surface area contributed by atoms with Crippen molar-refractivity contribution in [3.05, 3.63) is 46.8 Å². The normalized spacial score (nSPS) is 14.8. The topological polar surface area (TPSA) is 59.4 Å². The molecule has 6 heteroatoms. The lowest BCUT2D eigenvalue weighted by Crippen LogP contribution is -2.27. The van der Waals surface area contributed by atoms with Crippen molar-refractivity contribution >= 4 is 5.91 Å². The molecule has 0 spiro atoms. The summed E-state index contributed by atoms with van der Waals surface area (Å²) < 4.78 is 7.76. The fourth-order valence-electron chi connectivity index (χ4n) is 3.88. The number of nitrogens with zero attached hydrogens (tertiary/aromatic N) is 3. The number of hydrogen-bond donors (Lipinski definition) is 1. The number of rotatable bonds is 8. The van der Waals surface area contributed by atoms with Gasteiger partial charge >= 0.3 is 0 Å². The Morgan fingerprint density at radius 1 is 1.28 bits per heavy atom. The Labute approximate surface area is 174 Å². The minimum Gasteiger partial charge on any atom is -0.493 e. The standard InChI is InChI=1S/C23H34N4O2/c1-17-7-8-22(18(2)14-17)29-13-5-6-23(28)26(3)16-20-15-21(25-27(20)4)19-9-11-24-12-10-19/h7-8,14-15,19,24H,5-6,9-13,16H2,1-4H3. The van der Waals surface area contributed by atoms with Gasteiger partial charge in [0.05, 0.1) is 24.5 Å². The van der Waals surface area contributed by atoms with E-state index in [2.05, 4.69) is 24.4 Å². The third-order valence-electron chi connectivity index (χ3n) is 5.70. The molecule has 1 N–H and O–H groups in total. The first-order valence-corrected chi connectivity index (χ1v) is 10.6. The molecular weight excluding hydrogens is 364 g/mol. The largest absolute Gasteiger partial charge is 0.493 e. The van der Waals surface area contributed by atoms with Crippen molar-refractivity contribution in [3.63, 3.8) is 0 Å². The van der Waals surface area contributed by atoms with Crippen LogP contribution in [0.15, 0.2) is 24.3 Å². The van der Waals surface area contributed by atoms with Crippen LogP contribution in [0.25, 0.3) is 0 Å². The summed E-state index contributed by atoms with van der Waals surface area (Å²) in [4.78, 5) is 14.3. The first-order chi connectivity index (χ1) is 13.9. The van der Waals surface area contributed by atoms with Gasteiger partial charge in [-0.3, -0.25) is 9.48 Å². The van der Waals surface area contributed by atoms with Crippen LogP contribution in [0.1, 0.15) is 54.1 Å². The zero-order chi connectivity index (χ0) is 20.8. The van der Waals surface area contributed by atoms with E-state index in [0.29, 0.717) is 31.9 Å². The summed E-state index contributed by atoms with van der Waals surface area (Å²) >= 11 is 0. The van der Waals surface area contributed by atoms with Gasteiger partial charge in [-0.2, -0.15) is 5.10 Å². The number of carbonyl (C=O) groups is 1. The number of hydrogen-bond acceptors (Lipinski definition) is 4. The summed E-state index contributed by atoms with van der Waals surface area (Å²) in [5.41, 5.74) is 4.60. The van der Waals surface area contributed by atoms with Crippen LogP contribution in [0.2, 0.25) is 0 Å². The number of piperidine rings is 1. The van der Waals surface area contributed by atoms with Crippen LogP contribution in [-0.4, -0.2) is 47.3 Å². The van der Waals surface area contributed by atoms with E-state index < -0.39 is 0 Å². The van der Waals surface area contributed by atoms with Crippen LogP contribution >= 0.6 is 0 Å². The van der Waals surface area contributed by atoms with Gasteiger partial charge in [0.25, 0.3) is 0 Å². The Balaban J connectivity index is 1.45. The number of aryl methyl sites for hydroxylation is 3. The van der Waals surface area contributed by atoms with Crippen LogP contribution in [0.5, 0.6) is 5.75 Å². The van der Waals surface area contributed by atoms with Crippen molar-refractivity contribution in [1.29, 1.82) is 0 Å². The molecular formula is C23H34N4O2. The van der Waals surface area contributed by atoms with Gasteiger partial charge in [-0.1, -0.05) is 17.7 Å². The predicted molar refractivity (Wildman–Crippen MR) is 115 cm³/mol. The summed E-state index contributed by atoms with van der Waals surface area (Å²) in [5, 5.41) is 8.10. The van der Waals surface area contributed by atoms with Crippen LogP contribution in [0.4, 0.5) is 0 Å². The number of benzene rings is 1. The summed E-state index contributed by atoms with van der Waals surface area (Å²) in [6.07, 6.45) is 3.46. The van der Waals surface area contributed by atoms with Crippen molar-refractivity contribution in [1.82, 2.24) is 20.0 Å². The molecule has 2 aromatic rings. The highest BCUT2D eigenvalue weighted by Crippen LogP contribution is 2.25. The number of amides is 1. The van der Waals surface area contributed by atoms with E-state index in [1.54, 1.807) is 4.90 Å².